The van der Waals surface area contributed by atoms with Crippen molar-refractivity contribution in [1.82, 2.24) is 4.72 Å². The zero-order chi connectivity index (χ0) is 11.5. The van der Waals surface area contributed by atoms with Gasteiger partial charge in [-0.2, -0.15) is 0 Å². The van der Waals surface area contributed by atoms with E-state index in [0.717, 1.165) is 11.3 Å². The summed E-state index contributed by atoms with van der Waals surface area (Å²) in [5, 5.41) is 1.96. The van der Waals surface area contributed by atoms with Crippen LogP contribution in [0.15, 0.2) is 17.5 Å². The van der Waals surface area contributed by atoms with E-state index in [-0.39, 0.29) is 6.04 Å². The van der Waals surface area contributed by atoms with E-state index in [1.807, 2.05) is 17.5 Å². The van der Waals surface area contributed by atoms with Crippen molar-refractivity contribution in [3.8, 4) is 0 Å². The molecule has 0 aromatic carbocycles. The summed E-state index contributed by atoms with van der Waals surface area (Å²) in [4.78, 5) is 1.08. The van der Waals surface area contributed by atoms with Crippen molar-refractivity contribution < 1.29 is 8.42 Å². The maximum absolute atomic E-state index is 11.2. The molecule has 0 aliphatic heterocycles. The maximum atomic E-state index is 11.2. The standard InChI is InChI=1S/C10H17NO2S2/c1-8(2)7-9(11-15(3,12)13)10-5-4-6-14-10/h4-6,8-9,11H,7H2,1-3H3/t9-/m1/s1. The Kier molecular flexibility index (Phi) is 4.31. The quantitative estimate of drug-likeness (QED) is 0.868. The molecule has 0 bridgehead atoms. The van der Waals surface area contributed by atoms with Gasteiger partial charge >= 0.3 is 0 Å². The minimum atomic E-state index is -3.14. The first kappa shape index (κ1) is 12.7. The highest BCUT2D eigenvalue weighted by Crippen LogP contribution is 2.25. The zero-order valence-electron chi connectivity index (χ0n) is 9.23. The van der Waals surface area contributed by atoms with Crippen molar-refractivity contribution in [1.29, 1.82) is 0 Å². The van der Waals surface area contributed by atoms with Crippen LogP contribution in [0.1, 0.15) is 31.2 Å². The Morgan fingerprint density at radius 1 is 1.47 bits per heavy atom. The average Bonchev–Trinajstić information content (AvgIpc) is 2.50. The number of nitrogens with one attached hydrogen (secondary N) is 1. The SMILES string of the molecule is CC(C)C[C@@H](NS(C)(=O)=O)c1cccs1. The molecular weight excluding hydrogens is 230 g/mol. The fraction of sp³-hybridized carbons (Fsp3) is 0.600. The first-order valence-corrected chi connectivity index (χ1v) is 7.66. The summed E-state index contributed by atoms with van der Waals surface area (Å²) in [5.74, 6) is 0.464. The van der Waals surface area contributed by atoms with Crippen molar-refractivity contribution in [2.24, 2.45) is 5.92 Å². The van der Waals surface area contributed by atoms with Crippen LogP contribution in [0.5, 0.6) is 0 Å². The van der Waals surface area contributed by atoms with Gasteiger partial charge in [0, 0.05) is 4.88 Å². The lowest BCUT2D eigenvalue weighted by molar-refractivity contribution is 0.478. The van der Waals surface area contributed by atoms with Crippen molar-refractivity contribution in [3.63, 3.8) is 0 Å². The Balaban J connectivity index is 2.79. The molecule has 0 fully saturated rings. The van der Waals surface area contributed by atoms with E-state index in [2.05, 4.69) is 18.6 Å². The lowest BCUT2D eigenvalue weighted by Gasteiger charge is -2.17. The fourth-order valence-electron chi connectivity index (χ4n) is 1.44. The van der Waals surface area contributed by atoms with Gasteiger partial charge in [-0.05, 0) is 23.8 Å². The fourth-order valence-corrected chi connectivity index (χ4v) is 3.05. The summed E-state index contributed by atoms with van der Waals surface area (Å²) in [6, 6.07) is 3.83. The molecule has 5 heteroatoms. The van der Waals surface area contributed by atoms with Crippen molar-refractivity contribution in [3.05, 3.63) is 22.4 Å². The zero-order valence-corrected chi connectivity index (χ0v) is 10.9. The minimum absolute atomic E-state index is 0.0833. The second kappa shape index (κ2) is 5.09. The van der Waals surface area contributed by atoms with Crippen molar-refractivity contribution >= 4 is 21.4 Å². The summed E-state index contributed by atoms with van der Waals surface area (Å²) in [7, 11) is -3.14. The summed E-state index contributed by atoms with van der Waals surface area (Å²) in [6.07, 6.45) is 2.03. The molecule has 1 aromatic rings. The maximum Gasteiger partial charge on any atom is 0.209 e. The molecule has 0 amide bonds. The molecule has 1 aromatic heterocycles. The van der Waals surface area contributed by atoms with Gasteiger partial charge in [0.1, 0.15) is 0 Å². The number of hydrogen-bond acceptors (Lipinski definition) is 3. The number of hydrogen-bond donors (Lipinski definition) is 1. The molecule has 0 radical (unpaired) electrons. The summed E-state index contributed by atoms with van der Waals surface area (Å²) >= 11 is 1.59. The highest BCUT2D eigenvalue weighted by molar-refractivity contribution is 7.88. The van der Waals surface area contributed by atoms with E-state index < -0.39 is 10.0 Å². The molecule has 0 saturated carbocycles. The molecule has 1 rings (SSSR count). The van der Waals surface area contributed by atoms with E-state index in [1.54, 1.807) is 11.3 Å². The first-order chi connectivity index (χ1) is 6.88. The van der Waals surface area contributed by atoms with E-state index in [4.69, 9.17) is 0 Å². The minimum Gasteiger partial charge on any atom is -0.213 e. The van der Waals surface area contributed by atoms with E-state index >= 15 is 0 Å². The number of sulfonamides is 1. The van der Waals surface area contributed by atoms with Gasteiger partial charge in [0.15, 0.2) is 0 Å². The molecule has 0 spiro atoms. The molecule has 86 valence electrons. The van der Waals surface area contributed by atoms with Crippen LogP contribution in [0.4, 0.5) is 0 Å². The second-order valence-corrected chi connectivity index (χ2v) is 6.85. The summed E-state index contributed by atoms with van der Waals surface area (Å²) in [6.45, 7) is 4.18. The lowest BCUT2D eigenvalue weighted by Crippen LogP contribution is -2.27. The normalized spacial score (nSPS) is 14.4. The average molecular weight is 247 g/mol. The van der Waals surface area contributed by atoms with Gasteiger partial charge in [-0.3, -0.25) is 0 Å². The van der Waals surface area contributed by atoms with Crippen LogP contribution in [0.3, 0.4) is 0 Å². The molecule has 0 unspecified atom stereocenters. The largest absolute Gasteiger partial charge is 0.213 e. The Labute approximate surface area is 95.6 Å². The van der Waals surface area contributed by atoms with Crippen LogP contribution in [0, 0.1) is 5.92 Å². The van der Waals surface area contributed by atoms with Crippen LogP contribution < -0.4 is 4.72 Å². The Bertz CT molecular complexity index is 382. The predicted molar refractivity (Wildman–Crippen MR) is 64.5 cm³/mol. The molecule has 3 nitrogen and oxygen atoms in total. The van der Waals surface area contributed by atoms with Gasteiger partial charge in [0.25, 0.3) is 0 Å². The number of rotatable bonds is 5. The monoisotopic (exact) mass is 247 g/mol. The Morgan fingerprint density at radius 2 is 2.13 bits per heavy atom. The van der Waals surface area contributed by atoms with Crippen LogP contribution in [-0.2, 0) is 10.0 Å². The van der Waals surface area contributed by atoms with Gasteiger partial charge in [0.2, 0.25) is 10.0 Å². The third-order valence-corrected chi connectivity index (χ3v) is 3.65. The van der Waals surface area contributed by atoms with Crippen molar-refractivity contribution in [2.45, 2.75) is 26.3 Å². The first-order valence-electron chi connectivity index (χ1n) is 4.89. The number of thiophene rings is 1. The Morgan fingerprint density at radius 3 is 2.53 bits per heavy atom. The molecule has 15 heavy (non-hydrogen) atoms. The highest BCUT2D eigenvalue weighted by atomic mass is 32.2. The van der Waals surface area contributed by atoms with Crippen LogP contribution >= 0.6 is 11.3 Å². The van der Waals surface area contributed by atoms with E-state index in [1.165, 1.54) is 6.26 Å². The topological polar surface area (TPSA) is 46.2 Å². The molecule has 0 aliphatic carbocycles. The summed E-state index contributed by atoms with van der Waals surface area (Å²) in [5.41, 5.74) is 0. The van der Waals surface area contributed by atoms with Crippen LogP contribution in [0.2, 0.25) is 0 Å². The highest BCUT2D eigenvalue weighted by Gasteiger charge is 2.17. The smallest absolute Gasteiger partial charge is 0.209 e. The van der Waals surface area contributed by atoms with Crippen LogP contribution in [-0.4, -0.2) is 14.7 Å². The third kappa shape index (κ3) is 4.77. The second-order valence-electron chi connectivity index (χ2n) is 4.09. The van der Waals surface area contributed by atoms with E-state index in [0.29, 0.717) is 5.92 Å². The molecule has 1 N–H and O–H groups in total. The van der Waals surface area contributed by atoms with E-state index in [9.17, 15) is 8.42 Å². The molecule has 1 atom stereocenters. The predicted octanol–water partition coefficient (Wildman–Crippen LogP) is 2.38. The van der Waals surface area contributed by atoms with Gasteiger partial charge in [-0.15, -0.1) is 11.3 Å². The van der Waals surface area contributed by atoms with Crippen LogP contribution in [0.25, 0.3) is 0 Å². The van der Waals surface area contributed by atoms with Gasteiger partial charge in [0.05, 0.1) is 12.3 Å². The lowest BCUT2D eigenvalue weighted by atomic mass is 10.0. The Hall–Kier alpha value is -0.390. The van der Waals surface area contributed by atoms with Gasteiger partial charge in [-0.25, -0.2) is 13.1 Å². The summed E-state index contributed by atoms with van der Waals surface area (Å²) < 4.78 is 25.1. The van der Waals surface area contributed by atoms with Gasteiger partial charge in [-0.1, -0.05) is 19.9 Å². The molecular formula is C10H17NO2S2. The molecule has 0 saturated heterocycles. The van der Waals surface area contributed by atoms with Gasteiger partial charge < -0.3 is 0 Å². The third-order valence-electron chi connectivity index (χ3n) is 1.95. The molecule has 0 aliphatic rings. The van der Waals surface area contributed by atoms with Crippen molar-refractivity contribution in [2.75, 3.05) is 6.26 Å². The molecule has 1 heterocycles.